The third kappa shape index (κ3) is 5.88. The van der Waals surface area contributed by atoms with Crippen LogP contribution in [-0.2, 0) is 16.1 Å². The Kier molecular flexibility index (Phi) is 7.91. The maximum atomic E-state index is 15.3. The van der Waals surface area contributed by atoms with Gasteiger partial charge in [-0.1, -0.05) is 30.3 Å². The topological polar surface area (TPSA) is 71.9 Å². The fourth-order valence-corrected chi connectivity index (χ4v) is 5.04. The number of rotatable bonds is 8. The maximum Gasteiger partial charge on any atom is 0.325 e. The Balaban J connectivity index is 1.30. The molecule has 0 radical (unpaired) electrons. The van der Waals surface area contributed by atoms with Crippen molar-refractivity contribution >= 4 is 23.2 Å². The molecule has 3 heterocycles. The SMILES string of the molecule is COC(=O)Cn1c(C)cc(-c2ccccc2)c1ONc1ccc(N2CCN(c3cc(C)cc(C)n3)CC2)cc1F. The molecule has 4 aromatic rings. The highest BCUT2D eigenvalue weighted by molar-refractivity contribution is 5.74. The van der Waals surface area contributed by atoms with E-state index in [-0.39, 0.29) is 12.2 Å². The van der Waals surface area contributed by atoms with E-state index >= 15 is 4.39 Å². The number of hydrogen-bond donors (Lipinski definition) is 1. The van der Waals surface area contributed by atoms with Crippen LogP contribution in [0.5, 0.6) is 5.88 Å². The van der Waals surface area contributed by atoms with Crippen molar-refractivity contribution in [3.05, 3.63) is 89.5 Å². The smallest absolute Gasteiger partial charge is 0.325 e. The largest absolute Gasteiger partial charge is 0.468 e. The molecule has 0 aliphatic carbocycles. The lowest BCUT2D eigenvalue weighted by molar-refractivity contribution is -0.141. The minimum atomic E-state index is -0.431. The number of hydrogen-bond acceptors (Lipinski definition) is 7. The molecule has 0 saturated carbocycles. The number of aryl methyl sites for hydroxylation is 3. The van der Waals surface area contributed by atoms with Crippen LogP contribution < -0.4 is 20.1 Å². The summed E-state index contributed by atoms with van der Waals surface area (Å²) in [6.45, 7) is 9.07. The number of anilines is 3. The van der Waals surface area contributed by atoms with Gasteiger partial charge in [0, 0.05) is 48.8 Å². The molecule has 208 valence electrons. The number of carbonyl (C=O) groups is 1. The summed E-state index contributed by atoms with van der Waals surface area (Å²) in [5, 5.41) is 0. The molecule has 1 saturated heterocycles. The third-order valence-electron chi connectivity index (χ3n) is 7.12. The van der Waals surface area contributed by atoms with Crippen LogP contribution in [0.4, 0.5) is 21.6 Å². The quantitative estimate of drug-likeness (QED) is 0.232. The molecule has 2 aromatic heterocycles. The molecule has 8 nitrogen and oxygen atoms in total. The zero-order valence-electron chi connectivity index (χ0n) is 23.3. The van der Waals surface area contributed by atoms with Crippen LogP contribution in [0.15, 0.2) is 66.7 Å². The lowest BCUT2D eigenvalue weighted by Crippen LogP contribution is -2.47. The predicted molar refractivity (Wildman–Crippen MR) is 155 cm³/mol. The number of piperazine rings is 1. The van der Waals surface area contributed by atoms with Crippen molar-refractivity contribution in [2.45, 2.75) is 27.3 Å². The number of halogens is 1. The van der Waals surface area contributed by atoms with Gasteiger partial charge in [0.1, 0.15) is 18.1 Å². The normalized spacial score (nSPS) is 13.3. The van der Waals surface area contributed by atoms with Crippen LogP contribution in [0.25, 0.3) is 11.1 Å². The Morgan fingerprint density at radius 3 is 2.35 bits per heavy atom. The van der Waals surface area contributed by atoms with Crippen molar-refractivity contribution in [1.82, 2.24) is 9.55 Å². The van der Waals surface area contributed by atoms with Gasteiger partial charge in [-0.15, -0.1) is 0 Å². The Labute approximate surface area is 233 Å². The van der Waals surface area contributed by atoms with Gasteiger partial charge >= 0.3 is 5.97 Å². The summed E-state index contributed by atoms with van der Waals surface area (Å²) in [5.74, 6) is 0.544. The number of ether oxygens (including phenoxy) is 1. The molecule has 1 N–H and O–H groups in total. The zero-order valence-corrected chi connectivity index (χ0v) is 23.3. The lowest BCUT2D eigenvalue weighted by Gasteiger charge is -2.37. The highest BCUT2D eigenvalue weighted by Gasteiger charge is 2.22. The average molecular weight is 544 g/mol. The Morgan fingerprint density at radius 2 is 1.68 bits per heavy atom. The fraction of sp³-hybridized carbons (Fsp3) is 0.290. The van der Waals surface area contributed by atoms with Gasteiger partial charge in [-0.25, -0.2) is 14.9 Å². The number of aromatic nitrogens is 2. The van der Waals surface area contributed by atoms with Crippen LogP contribution in [0.3, 0.4) is 0 Å². The number of pyridine rings is 1. The fourth-order valence-electron chi connectivity index (χ4n) is 5.04. The van der Waals surface area contributed by atoms with Crippen LogP contribution in [0.2, 0.25) is 0 Å². The van der Waals surface area contributed by atoms with Gasteiger partial charge in [-0.3, -0.25) is 4.79 Å². The molecular formula is C31H34FN5O3. The van der Waals surface area contributed by atoms with Crippen LogP contribution in [0.1, 0.15) is 17.0 Å². The Morgan fingerprint density at radius 1 is 0.950 bits per heavy atom. The van der Waals surface area contributed by atoms with Crippen molar-refractivity contribution in [3.8, 4) is 17.0 Å². The predicted octanol–water partition coefficient (Wildman–Crippen LogP) is 5.52. The first kappa shape index (κ1) is 27.1. The lowest BCUT2D eigenvalue weighted by atomic mass is 10.1. The van der Waals surface area contributed by atoms with E-state index in [1.807, 2.05) is 56.3 Å². The average Bonchev–Trinajstić information content (AvgIpc) is 3.26. The van der Waals surface area contributed by atoms with Crippen molar-refractivity contribution in [3.63, 3.8) is 0 Å². The summed E-state index contributed by atoms with van der Waals surface area (Å²) in [4.78, 5) is 27.2. The number of methoxy groups -OCH3 is 1. The molecular weight excluding hydrogens is 509 g/mol. The molecule has 2 aromatic carbocycles. The summed E-state index contributed by atoms with van der Waals surface area (Å²) in [6, 6.07) is 20.9. The zero-order chi connectivity index (χ0) is 28.2. The molecule has 5 rings (SSSR count). The van der Waals surface area contributed by atoms with Crippen molar-refractivity contribution in [1.29, 1.82) is 0 Å². The molecule has 40 heavy (non-hydrogen) atoms. The summed E-state index contributed by atoms with van der Waals surface area (Å²) in [7, 11) is 1.34. The van der Waals surface area contributed by atoms with E-state index in [4.69, 9.17) is 9.57 Å². The first-order chi connectivity index (χ1) is 19.3. The Hall–Kier alpha value is -4.53. The molecule has 0 unspecified atom stereocenters. The molecule has 0 bridgehead atoms. The number of benzene rings is 2. The van der Waals surface area contributed by atoms with Crippen LogP contribution >= 0.6 is 0 Å². The maximum absolute atomic E-state index is 15.3. The van der Waals surface area contributed by atoms with Crippen molar-refractivity contribution in [2.24, 2.45) is 0 Å². The number of nitrogens with zero attached hydrogens (tertiary/aromatic N) is 4. The monoisotopic (exact) mass is 543 g/mol. The number of carbonyl (C=O) groups excluding carboxylic acids is 1. The molecule has 9 heteroatoms. The summed E-state index contributed by atoms with van der Waals surface area (Å²) >= 11 is 0. The number of nitrogens with one attached hydrogen (secondary N) is 1. The first-order valence-electron chi connectivity index (χ1n) is 13.3. The second-order valence-corrected chi connectivity index (χ2v) is 10.0. The van der Waals surface area contributed by atoms with Crippen LogP contribution in [0, 0.1) is 26.6 Å². The van der Waals surface area contributed by atoms with Gasteiger partial charge in [0.2, 0.25) is 5.88 Å². The van der Waals surface area contributed by atoms with Crippen LogP contribution in [-0.4, -0.2) is 48.8 Å². The molecule has 0 spiro atoms. The Bertz CT molecular complexity index is 1480. The van der Waals surface area contributed by atoms with Gasteiger partial charge in [-0.05, 0) is 68.3 Å². The minimum absolute atomic E-state index is 0.0305. The molecule has 1 aliphatic heterocycles. The summed E-state index contributed by atoms with van der Waals surface area (Å²) < 4.78 is 21.8. The molecule has 0 amide bonds. The first-order valence-corrected chi connectivity index (χ1v) is 13.3. The van der Waals surface area contributed by atoms with Gasteiger partial charge in [0.05, 0.1) is 7.11 Å². The molecule has 1 aliphatic rings. The summed E-state index contributed by atoms with van der Waals surface area (Å²) in [5.41, 5.74) is 8.49. The molecule has 1 fully saturated rings. The second-order valence-electron chi connectivity index (χ2n) is 10.0. The third-order valence-corrected chi connectivity index (χ3v) is 7.12. The second kappa shape index (κ2) is 11.7. The van der Waals surface area contributed by atoms with Gasteiger partial charge in [-0.2, -0.15) is 0 Å². The standard InChI is InChI=1S/C31H34FN5O3/c1-21-16-22(2)33-29(17-21)36-14-12-35(13-15-36)25-10-11-28(27(32)19-25)34-40-31-26(24-8-6-5-7-9-24)18-23(3)37(31)20-30(38)39-4/h5-11,16-19,34H,12-15,20H2,1-4H3. The molecule has 0 atom stereocenters. The minimum Gasteiger partial charge on any atom is -0.468 e. The highest BCUT2D eigenvalue weighted by Crippen LogP contribution is 2.34. The van der Waals surface area contributed by atoms with E-state index in [2.05, 4.69) is 39.3 Å². The van der Waals surface area contributed by atoms with Gasteiger partial charge in [0.15, 0.2) is 5.82 Å². The van der Waals surface area contributed by atoms with E-state index in [1.165, 1.54) is 18.7 Å². The van der Waals surface area contributed by atoms with Gasteiger partial charge in [0.25, 0.3) is 0 Å². The van der Waals surface area contributed by atoms with Crippen molar-refractivity contribution < 1.29 is 18.8 Å². The van der Waals surface area contributed by atoms with E-state index in [0.717, 1.165) is 60.2 Å². The van der Waals surface area contributed by atoms with Crippen molar-refractivity contribution in [2.75, 3.05) is 48.6 Å². The van der Waals surface area contributed by atoms with E-state index in [9.17, 15) is 4.79 Å². The van der Waals surface area contributed by atoms with E-state index in [0.29, 0.717) is 5.88 Å². The van der Waals surface area contributed by atoms with E-state index in [1.54, 1.807) is 10.6 Å². The number of esters is 1. The van der Waals surface area contributed by atoms with Gasteiger partial charge < -0.3 is 23.9 Å². The highest BCUT2D eigenvalue weighted by atomic mass is 19.1. The van der Waals surface area contributed by atoms with E-state index < -0.39 is 11.8 Å². The summed E-state index contributed by atoms with van der Waals surface area (Å²) in [6.07, 6.45) is 0.